The number of carbonyl (C=O) groups excluding carboxylic acids is 1. The summed E-state index contributed by atoms with van der Waals surface area (Å²) < 4.78 is 0. The van der Waals surface area contributed by atoms with Crippen LogP contribution < -0.4 is 0 Å². The molecule has 0 spiro atoms. The average Bonchev–Trinajstić information content (AvgIpc) is 2.70. The summed E-state index contributed by atoms with van der Waals surface area (Å²) in [7, 11) is 0. The maximum absolute atomic E-state index is 10.0. The van der Waals surface area contributed by atoms with Crippen LogP contribution in [0.5, 0.6) is 0 Å². The molecule has 2 aromatic heterocycles. The van der Waals surface area contributed by atoms with Crippen molar-refractivity contribution in [1.29, 1.82) is 0 Å². The van der Waals surface area contributed by atoms with E-state index in [4.69, 9.17) is 15.1 Å². The quantitative estimate of drug-likeness (QED) is 0.160. The fourth-order valence-corrected chi connectivity index (χ4v) is 4.24. The van der Waals surface area contributed by atoms with Crippen LogP contribution in [0.4, 0.5) is 0 Å². The van der Waals surface area contributed by atoms with Gasteiger partial charge in [0.1, 0.15) is 0 Å². The number of nitrogens with zero attached hydrogens (tertiary/aromatic N) is 2. The van der Waals surface area contributed by atoms with Gasteiger partial charge in [0.2, 0.25) is 0 Å². The van der Waals surface area contributed by atoms with Gasteiger partial charge in [-0.15, -0.1) is 12.1 Å². The molecule has 1 radical (unpaired) electrons. The van der Waals surface area contributed by atoms with Crippen molar-refractivity contribution in [3.63, 3.8) is 0 Å². The van der Waals surface area contributed by atoms with Crippen LogP contribution in [0.25, 0.3) is 32.9 Å². The number of aliphatic hydroxyl groups is 1. The minimum absolute atomic E-state index is 0. The van der Waals surface area contributed by atoms with Gasteiger partial charge in [0.15, 0.2) is 5.78 Å². The molecular formula is C27H25IrN2O2-. The SMILES string of the molecule is CC(=O)/C=C(/C)O.Cc1cc2c3c(nccc3c1)-c1[c-]c3ccccc3nc1C2(C)C.[Ir]. The van der Waals surface area contributed by atoms with Crippen molar-refractivity contribution in [2.75, 3.05) is 0 Å². The Kier molecular flexibility index (Phi) is 6.64. The van der Waals surface area contributed by atoms with E-state index in [0.717, 1.165) is 27.9 Å². The molecule has 1 aliphatic carbocycles. The largest absolute Gasteiger partial charge is 0.512 e. The van der Waals surface area contributed by atoms with Crippen LogP contribution in [0, 0.1) is 13.0 Å². The summed E-state index contributed by atoms with van der Waals surface area (Å²) in [6, 6.07) is 18.4. The van der Waals surface area contributed by atoms with Crippen LogP contribution in [0.2, 0.25) is 0 Å². The maximum atomic E-state index is 10.0. The van der Waals surface area contributed by atoms with Crippen LogP contribution in [-0.4, -0.2) is 20.9 Å². The molecule has 5 rings (SSSR count). The fraction of sp³-hybridized carbons (Fsp3) is 0.222. The minimum atomic E-state index is -0.170. The second-order valence-electron chi connectivity index (χ2n) is 8.57. The van der Waals surface area contributed by atoms with Crippen molar-refractivity contribution in [3.05, 3.63) is 83.4 Å². The smallest absolute Gasteiger partial charge is 0.155 e. The molecule has 0 bridgehead atoms. The number of pyridine rings is 2. The maximum Gasteiger partial charge on any atom is 0.155 e. The normalized spacial score (nSPS) is 13.6. The molecule has 32 heavy (non-hydrogen) atoms. The van der Waals surface area contributed by atoms with E-state index in [0.29, 0.717) is 0 Å². The fourth-order valence-electron chi connectivity index (χ4n) is 4.24. The molecule has 0 saturated carbocycles. The molecule has 165 valence electrons. The molecule has 2 heterocycles. The van der Waals surface area contributed by atoms with Gasteiger partial charge < -0.3 is 10.1 Å². The Bertz CT molecular complexity index is 1370. The van der Waals surface area contributed by atoms with Crippen LogP contribution in [-0.2, 0) is 30.3 Å². The number of allylic oxidation sites excluding steroid dienone is 2. The third kappa shape index (κ3) is 4.23. The first kappa shape index (κ1) is 23.8. The first-order chi connectivity index (χ1) is 14.7. The number of aliphatic hydroxyl groups excluding tert-OH is 1. The van der Waals surface area contributed by atoms with Gasteiger partial charge in [-0.25, -0.2) is 0 Å². The Morgan fingerprint density at radius 1 is 1.12 bits per heavy atom. The van der Waals surface area contributed by atoms with E-state index in [2.05, 4.69) is 57.2 Å². The zero-order valence-corrected chi connectivity index (χ0v) is 21.2. The second kappa shape index (κ2) is 8.93. The predicted octanol–water partition coefficient (Wildman–Crippen LogP) is 6.23. The van der Waals surface area contributed by atoms with Gasteiger partial charge in [0.25, 0.3) is 0 Å². The molecule has 1 N–H and O–H groups in total. The third-order valence-electron chi connectivity index (χ3n) is 5.55. The predicted molar refractivity (Wildman–Crippen MR) is 125 cm³/mol. The van der Waals surface area contributed by atoms with Crippen LogP contribution in [0.3, 0.4) is 0 Å². The molecule has 1 aliphatic rings. The Labute approximate surface area is 201 Å². The van der Waals surface area contributed by atoms with Gasteiger partial charge in [-0.2, -0.15) is 0 Å². The number of hydrogen-bond acceptors (Lipinski definition) is 4. The van der Waals surface area contributed by atoms with Crippen LogP contribution >= 0.6 is 0 Å². The standard InChI is InChI=1S/C22H17N2.C5H8O2.Ir/c1-13-10-15-8-9-23-20-16-12-14-6-4-5-7-18(14)24-21(16)22(2,3)17(11-13)19(15)20;1-4(6)3-5(2)7;/h4-11H,1-3H3;3,6H,1-2H3;/q-1;;/b;4-3-;. The van der Waals surface area contributed by atoms with E-state index in [1.807, 2.05) is 18.3 Å². The minimum Gasteiger partial charge on any atom is -0.512 e. The molecule has 0 amide bonds. The number of fused-ring (bicyclic) bond motifs is 3. The summed E-state index contributed by atoms with van der Waals surface area (Å²) >= 11 is 0. The second-order valence-corrected chi connectivity index (χ2v) is 8.57. The zero-order valence-electron chi connectivity index (χ0n) is 18.8. The number of aromatic nitrogens is 2. The number of carbonyl (C=O) groups is 1. The summed E-state index contributed by atoms with van der Waals surface area (Å²) in [5.41, 5.74) is 6.53. The number of rotatable bonds is 1. The van der Waals surface area contributed by atoms with Crippen molar-refractivity contribution in [1.82, 2.24) is 9.97 Å². The molecule has 4 nitrogen and oxygen atoms in total. The average molecular weight is 602 g/mol. The van der Waals surface area contributed by atoms with Crippen LogP contribution in [0.1, 0.15) is 44.5 Å². The Hall–Kier alpha value is -2.88. The van der Waals surface area contributed by atoms with Crippen molar-refractivity contribution in [2.45, 2.75) is 40.0 Å². The number of para-hydroxylation sites is 1. The summed E-state index contributed by atoms with van der Waals surface area (Å²) in [5.74, 6) is -0.0625. The van der Waals surface area contributed by atoms with E-state index in [9.17, 15) is 4.79 Å². The Morgan fingerprint density at radius 2 is 1.84 bits per heavy atom. The van der Waals surface area contributed by atoms with E-state index < -0.39 is 0 Å². The summed E-state index contributed by atoms with van der Waals surface area (Å²) in [6.07, 6.45) is 3.06. The monoisotopic (exact) mass is 602 g/mol. The summed E-state index contributed by atoms with van der Waals surface area (Å²) in [6.45, 7) is 9.51. The number of hydrogen-bond donors (Lipinski definition) is 1. The van der Waals surface area contributed by atoms with Crippen LogP contribution in [0.15, 0.2) is 60.5 Å². The van der Waals surface area contributed by atoms with Crippen molar-refractivity contribution in [2.24, 2.45) is 0 Å². The first-order valence-electron chi connectivity index (χ1n) is 10.3. The van der Waals surface area contributed by atoms with E-state index in [-0.39, 0.29) is 37.1 Å². The summed E-state index contributed by atoms with van der Waals surface area (Å²) in [4.78, 5) is 19.7. The number of aryl methyl sites for hydroxylation is 1. The van der Waals surface area contributed by atoms with E-state index >= 15 is 0 Å². The van der Waals surface area contributed by atoms with Gasteiger partial charge in [-0.1, -0.05) is 60.7 Å². The van der Waals surface area contributed by atoms with Gasteiger partial charge in [-0.3, -0.25) is 9.78 Å². The molecule has 2 aromatic carbocycles. The topological polar surface area (TPSA) is 63.1 Å². The number of ketones is 1. The molecular weight excluding hydrogens is 577 g/mol. The third-order valence-corrected chi connectivity index (χ3v) is 5.55. The molecule has 0 fully saturated rings. The summed E-state index contributed by atoms with van der Waals surface area (Å²) in [5, 5.41) is 11.9. The zero-order chi connectivity index (χ0) is 22.3. The molecule has 5 heteroatoms. The van der Waals surface area contributed by atoms with E-state index in [1.165, 1.54) is 41.8 Å². The molecule has 0 atom stereocenters. The van der Waals surface area contributed by atoms with Gasteiger partial charge in [0, 0.05) is 43.5 Å². The Morgan fingerprint density at radius 3 is 2.50 bits per heavy atom. The van der Waals surface area contributed by atoms with Crippen molar-refractivity contribution >= 4 is 27.5 Å². The molecule has 0 saturated heterocycles. The number of benzene rings is 2. The van der Waals surface area contributed by atoms with Gasteiger partial charge in [-0.05, 0) is 54.4 Å². The van der Waals surface area contributed by atoms with Crippen molar-refractivity contribution < 1.29 is 30.0 Å². The van der Waals surface area contributed by atoms with Crippen molar-refractivity contribution in [3.8, 4) is 11.3 Å². The van der Waals surface area contributed by atoms with Gasteiger partial charge in [0.05, 0.1) is 5.76 Å². The van der Waals surface area contributed by atoms with Gasteiger partial charge >= 0.3 is 0 Å². The Balaban J connectivity index is 0.000000318. The molecule has 0 unspecified atom stereocenters. The molecule has 0 aliphatic heterocycles. The molecule has 4 aromatic rings. The first-order valence-corrected chi connectivity index (χ1v) is 10.3. The van der Waals surface area contributed by atoms with E-state index in [1.54, 1.807) is 0 Å².